The van der Waals surface area contributed by atoms with E-state index in [4.69, 9.17) is 14.1 Å². The summed E-state index contributed by atoms with van der Waals surface area (Å²) in [7, 11) is 0. The molecule has 0 aliphatic rings. The minimum absolute atomic E-state index is 0.0536. The molecule has 3 heterocycles. The molecule has 120 valence electrons. The largest absolute Gasteiger partial charge is 0.468 e. The van der Waals surface area contributed by atoms with Gasteiger partial charge in [0.05, 0.1) is 12.0 Å². The normalized spacial score (nSPS) is 11.2. The number of thiazole rings is 1. The van der Waals surface area contributed by atoms with E-state index in [1.54, 1.807) is 30.0 Å². The Morgan fingerprint density at radius 1 is 1.46 bits per heavy atom. The Kier molecular flexibility index (Phi) is 5.15. The van der Waals surface area contributed by atoms with Gasteiger partial charge in [0.2, 0.25) is 0 Å². The number of aromatic nitrogens is 1. The summed E-state index contributed by atoms with van der Waals surface area (Å²) >= 11 is 2.74. The van der Waals surface area contributed by atoms with E-state index in [9.17, 15) is 4.79 Å². The van der Waals surface area contributed by atoms with Crippen molar-refractivity contribution in [3.05, 3.63) is 59.2 Å². The van der Waals surface area contributed by atoms with Crippen molar-refractivity contribution >= 4 is 40.2 Å². The van der Waals surface area contributed by atoms with E-state index in [1.807, 2.05) is 18.2 Å². The van der Waals surface area contributed by atoms with Crippen LogP contribution in [0.3, 0.4) is 0 Å². The summed E-state index contributed by atoms with van der Waals surface area (Å²) in [5.41, 5.74) is -0.0536. The first-order valence-corrected chi connectivity index (χ1v) is 8.69. The Balaban J connectivity index is 1.65. The van der Waals surface area contributed by atoms with Crippen molar-refractivity contribution in [3.63, 3.8) is 0 Å². The molecule has 1 N–H and O–H groups in total. The van der Waals surface area contributed by atoms with Crippen LogP contribution in [0.15, 0.2) is 61.6 Å². The quantitative estimate of drug-likeness (QED) is 0.404. The van der Waals surface area contributed by atoms with Crippen LogP contribution in [0.4, 0.5) is 5.13 Å². The fourth-order valence-electron chi connectivity index (χ4n) is 1.77. The summed E-state index contributed by atoms with van der Waals surface area (Å²) in [5.74, 6) is 1.39. The molecular formula is C16H11N3O3S2. The molecule has 0 aromatic carbocycles. The van der Waals surface area contributed by atoms with E-state index in [2.05, 4.69) is 10.3 Å². The van der Waals surface area contributed by atoms with Gasteiger partial charge in [-0.25, -0.2) is 4.98 Å². The van der Waals surface area contributed by atoms with E-state index in [1.165, 1.54) is 29.2 Å². The van der Waals surface area contributed by atoms with Gasteiger partial charge in [-0.2, -0.15) is 5.26 Å². The third-order valence-electron chi connectivity index (χ3n) is 2.84. The van der Waals surface area contributed by atoms with Crippen molar-refractivity contribution in [2.45, 2.75) is 10.8 Å². The second-order valence-corrected chi connectivity index (χ2v) is 6.36. The number of nitrogens with zero attached hydrogens (tertiary/aromatic N) is 2. The van der Waals surface area contributed by atoms with Crippen molar-refractivity contribution in [1.29, 1.82) is 5.26 Å². The Bertz CT molecular complexity index is 874. The van der Waals surface area contributed by atoms with Crippen molar-refractivity contribution < 1.29 is 13.6 Å². The van der Waals surface area contributed by atoms with Gasteiger partial charge >= 0.3 is 0 Å². The predicted octanol–water partition coefficient (Wildman–Crippen LogP) is 4.17. The number of amides is 1. The molecule has 24 heavy (non-hydrogen) atoms. The first-order valence-electron chi connectivity index (χ1n) is 6.82. The predicted molar refractivity (Wildman–Crippen MR) is 91.3 cm³/mol. The summed E-state index contributed by atoms with van der Waals surface area (Å²) in [6.07, 6.45) is 4.59. The lowest BCUT2D eigenvalue weighted by atomic mass is 10.2. The van der Waals surface area contributed by atoms with Gasteiger partial charge in [-0.3, -0.25) is 10.1 Å². The van der Waals surface area contributed by atoms with E-state index >= 15 is 0 Å². The Morgan fingerprint density at radius 2 is 2.38 bits per heavy atom. The summed E-state index contributed by atoms with van der Waals surface area (Å²) in [6.45, 7) is 0. The van der Waals surface area contributed by atoms with Crippen molar-refractivity contribution in [2.24, 2.45) is 0 Å². The van der Waals surface area contributed by atoms with Crippen molar-refractivity contribution in [1.82, 2.24) is 4.98 Å². The highest BCUT2D eigenvalue weighted by Gasteiger charge is 2.12. The number of furan rings is 2. The maximum absolute atomic E-state index is 12.0. The Morgan fingerprint density at radius 3 is 3.08 bits per heavy atom. The maximum atomic E-state index is 12.0. The molecule has 0 spiro atoms. The molecule has 3 rings (SSSR count). The molecule has 0 saturated heterocycles. The first-order chi connectivity index (χ1) is 11.7. The van der Waals surface area contributed by atoms with Gasteiger partial charge in [0, 0.05) is 17.7 Å². The molecule has 0 saturated carbocycles. The van der Waals surface area contributed by atoms with Crippen LogP contribution in [0.1, 0.15) is 11.5 Å². The molecular weight excluding hydrogens is 346 g/mol. The number of rotatable bonds is 6. The minimum atomic E-state index is -0.520. The number of nitriles is 1. The van der Waals surface area contributed by atoms with Gasteiger partial charge in [-0.05, 0) is 24.3 Å². The van der Waals surface area contributed by atoms with Crippen LogP contribution in [0.5, 0.6) is 0 Å². The van der Waals surface area contributed by atoms with Gasteiger partial charge in [-0.1, -0.05) is 11.8 Å². The molecule has 0 atom stereocenters. The lowest BCUT2D eigenvalue weighted by Crippen LogP contribution is -2.13. The fraction of sp³-hybridized carbons (Fsp3) is 0.0625. The van der Waals surface area contributed by atoms with Crippen molar-refractivity contribution in [3.8, 4) is 6.07 Å². The molecule has 6 nitrogen and oxygen atoms in total. The fourth-order valence-corrected chi connectivity index (χ4v) is 3.06. The monoisotopic (exact) mass is 357 g/mol. The lowest BCUT2D eigenvalue weighted by molar-refractivity contribution is -0.112. The standard InChI is InChI=1S/C16H11N3O3S2/c17-9-11(15(20)19-16-18-5-7-23-16)8-12-3-4-14(22-12)24-10-13-2-1-6-21-13/h1-8H,10H2,(H,18,19,20)/b11-8-. The molecule has 3 aromatic heterocycles. The molecule has 0 bridgehead atoms. The number of nitrogens with one attached hydrogen (secondary N) is 1. The lowest BCUT2D eigenvalue weighted by Gasteiger charge is -1.98. The molecule has 0 unspecified atom stereocenters. The van der Waals surface area contributed by atoms with E-state index in [0.29, 0.717) is 21.7 Å². The molecule has 1 amide bonds. The van der Waals surface area contributed by atoms with Crippen LogP contribution in [-0.2, 0) is 10.5 Å². The summed E-state index contributed by atoms with van der Waals surface area (Å²) in [4.78, 5) is 16.0. The van der Waals surface area contributed by atoms with Crippen molar-refractivity contribution in [2.75, 3.05) is 5.32 Å². The zero-order chi connectivity index (χ0) is 16.8. The average Bonchev–Trinajstić information content (AvgIpc) is 3.33. The number of thioether (sulfide) groups is 1. The summed E-state index contributed by atoms with van der Waals surface area (Å²) < 4.78 is 10.9. The number of hydrogen-bond donors (Lipinski definition) is 1. The molecule has 3 aromatic rings. The van der Waals surface area contributed by atoms with Crippen LogP contribution >= 0.6 is 23.1 Å². The third kappa shape index (κ3) is 4.16. The highest BCUT2D eigenvalue weighted by Crippen LogP contribution is 2.26. The average molecular weight is 357 g/mol. The van der Waals surface area contributed by atoms with Gasteiger partial charge in [0.1, 0.15) is 23.2 Å². The minimum Gasteiger partial charge on any atom is -0.468 e. The van der Waals surface area contributed by atoms with E-state index in [-0.39, 0.29) is 5.57 Å². The van der Waals surface area contributed by atoms with Crippen LogP contribution in [0, 0.1) is 11.3 Å². The SMILES string of the molecule is N#C/C(=C/c1ccc(SCc2ccco2)o1)C(=O)Nc1nccs1. The van der Waals surface area contributed by atoms with Crippen LogP contribution in [-0.4, -0.2) is 10.9 Å². The number of hydrogen-bond acceptors (Lipinski definition) is 7. The van der Waals surface area contributed by atoms with Crippen LogP contribution in [0.2, 0.25) is 0 Å². The van der Waals surface area contributed by atoms with E-state index in [0.717, 1.165) is 5.76 Å². The number of carbonyl (C=O) groups is 1. The van der Waals surface area contributed by atoms with Gasteiger partial charge in [0.25, 0.3) is 5.91 Å². The molecule has 0 aliphatic heterocycles. The smallest absolute Gasteiger partial charge is 0.268 e. The van der Waals surface area contributed by atoms with E-state index < -0.39 is 5.91 Å². The van der Waals surface area contributed by atoms with Crippen LogP contribution < -0.4 is 5.32 Å². The van der Waals surface area contributed by atoms with Gasteiger partial charge in [0.15, 0.2) is 10.2 Å². The van der Waals surface area contributed by atoms with Gasteiger partial charge in [-0.15, -0.1) is 11.3 Å². The second-order valence-electron chi connectivity index (χ2n) is 4.49. The topological polar surface area (TPSA) is 92.1 Å². The Labute approximate surface area is 145 Å². The maximum Gasteiger partial charge on any atom is 0.268 e. The zero-order valence-electron chi connectivity index (χ0n) is 12.3. The summed E-state index contributed by atoms with van der Waals surface area (Å²) in [5, 5.41) is 14.6. The number of carbonyl (C=O) groups excluding carboxylic acids is 1. The molecule has 0 fully saturated rings. The zero-order valence-corrected chi connectivity index (χ0v) is 13.9. The molecule has 8 heteroatoms. The molecule has 0 radical (unpaired) electrons. The first kappa shape index (κ1) is 16.1. The summed E-state index contributed by atoms with van der Waals surface area (Å²) in [6, 6.07) is 9.07. The second kappa shape index (κ2) is 7.68. The van der Waals surface area contributed by atoms with Crippen LogP contribution in [0.25, 0.3) is 6.08 Å². The third-order valence-corrected chi connectivity index (χ3v) is 4.46. The van der Waals surface area contributed by atoms with Gasteiger partial charge < -0.3 is 8.83 Å². The molecule has 0 aliphatic carbocycles. The Hall–Kier alpha value is -2.76. The highest BCUT2D eigenvalue weighted by atomic mass is 32.2. The highest BCUT2D eigenvalue weighted by molar-refractivity contribution is 7.98. The number of anilines is 1.